The monoisotopic (exact) mass is 225 g/mol. The molecule has 1 rings (SSSR count). The van der Waals surface area contributed by atoms with Crippen LogP contribution in [-0.4, -0.2) is 24.1 Å². The molecule has 0 saturated heterocycles. The van der Waals surface area contributed by atoms with Gasteiger partial charge in [0, 0.05) is 13.6 Å². The summed E-state index contributed by atoms with van der Waals surface area (Å²) >= 11 is 0. The van der Waals surface area contributed by atoms with Crippen molar-refractivity contribution in [2.75, 3.05) is 7.05 Å². The fourth-order valence-electron chi connectivity index (χ4n) is 1.27. The zero-order valence-corrected chi connectivity index (χ0v) is 9.74. The lowest BCUT2D eigenvalue weighted by Gasteiger charge is -2.18. The highest BCUT2D eigenvalue weighted by Crippen LogP contribution is 2.07. The van der Waals surface area contributed by atoms with Gasteiger partial charge in [-0.1, -0.05) is 12.1 Å². The first kappa shape index (κ1) is 12.5. The summed E-state index contributed by atoms with van der Waals surface area (Å²) in [7, 11) is 1.62. The van der Waals surface area contributed by atoms with Crippen molar-refractivity contribution in [1.29, 1.82) is 0 Å². The molecule has 0 spiro atoms. The molecule has 0 aliphatic rings. The Labute approximate surface area is 94.8 Å². The molecule has 0 fully saturated rings. The molecule has 0 radical (unpaired) electrons. The van der Waals surface area contributed by atoms with Crippen LogP contribution >= 0.6 is 0 Å². The molecule has 1 aromatic carbocycles. The first-order chi connectivity index (χ1) is 7.49. The number of hydrogen-bond donors (Lipinski definition) is 0. The summed E-state index contributed by atoms with van der Waals surface area (Å²) in [6.45, 7) is 3.91. The molecule has 0 unspecified atom stereocenters. The Morgan fingerprint density at radius 1 is 1.50 bits per heavy atom. The van der Waals surface area contributed by atoms with E-state index in [2.05, 4.69) is 0 Å². The van der Waals surface area contributed by atoms with Crippen LogP contribution in [0.1, 0.15) is 19.4 Å². The molecule has 1 aromatic rings. The van der Waals surface area contributed by atoms with Crippen molar-refractivity contribution in [2.24, 2.45) is 0 Å². The van der Waals surface area contributed by atoms with Gasteiger partial charge in [0.15, 0.2) is 0 Å². The second-order valence-corrected chi connectivity index (χ2v) is 3.92. The van der Waals surface area contributed by atoms with Gasteiger partial charge in [0.1, 0.15) is 5.82 Å². The quantitative estimate of drug-likeness (QED) is 0.791. The second kappa shape index (κ2) is 5.49. The van der Waals surface area contributed by atoms with Crippen LogP contribution in [0.15, 0.2) is 24.3 Å². The highest BCUT2D eigenvalue weighted by molar-refractivity contribution is 5.67. The number of rotatable bonds is 3. The van der Waals surface area contributed by atoms with Gasteiger partial charge in [-0.15, -0.1) is 0 Å². The molecule has 0 aliphatic heterocycles. The molecule has 0 aliphatic carbocycles. The Morgan fingerprint density at radius 2 is 2.19 bits per heavy atom. The zero-order chi connectivity index (χ0) is 12.1. The lowest BCUT2D eigenvalue weighted by molar-refractivity contribution is 0.0822. The average molecular weight is 225 g/mol. The van der Waals surface area contributed by atoms with E-state index < -0.39 is 6.09 Å². The van der Waals surface area contributed by atoms with Crippen molar-refractivity contribution in [1.82, 2.24) is 4.90 Å². The number of carbonyl (C=O) groups is 1. The minimum atomic E-state index is -0.403. The van der Waals surface area contributed by atoms with Gasteiger partial charge in [0.2, 0.25) is 0 Å². The number of benzene rings is 1. The van der Waals surface area contributed by atoms with Crippen LogP contribution in [-0.2, 0) is 11.3 Å². The van der Waals surface area contributed by atoms with E-state index in [1.54, 1.807) is 33.0 Å². The molecule has 16 heavy (non-hydrogen) atoms. The molecule has 0 atom stereocenters. The van der Waals surface area contributed by atoms with Crippen molar-refractivity contribution >= 4 is 6.09 Å². The number of halogens is 1. The molecule has 1 amide bonds. The molecule has 3 nitrogen and oxygen atoms in total. The molecule has 0 heterocycles. The molecule has 0 aromatic heterocycles. The van der Waals surface area contributed by atoms with Gasteiger partial charge < -0.3 is 9.64 Å². The van der Waals surface area contributed by atoms with Crippen LogP contribution in [0.5, 0.6) is 0 Å². The van der Waals surface area contributed by atoms with Crippen molar-refractivity contribution in [2.45, 2.75) is 26.5 Å². The van der Waals surface area contributed by atoms with E-state index in [0.717, 1.165) is 5.56 Å². The van der Waals surface area contributed by atoms with E-state index >= 15 is 0 Å². The van der Waals surface area contributed by atoms with E-state index in [9.17, 15) is 9.18 Å². The second-order valence-electron chi connectivity index (χ2n) is 3.92. The lowest BCUT2D eigenvalue weighted by atomic mass is 10.2. The number of hydrogen-bond acceptors (Lipinski definition) is 2. The van der Waals surface area contributed by atoms with E-state index in [1.165, 1.54) is 17.0 Å². The summed E-state index contributed by atoms with van der Waals surface area (Å²) in [5.74, 6) is -0.303. The van der Waals surface area contributed by atoms with E-state index in [1.807, 2.05) is 0 Å². The summed E-state index contributed by atoms with van der Waals surface area (Å²) < 4.78 is 17.9. The SMILES string of the molecule is CC(C)OC(=O)N(C)Cc1cccc(F)c1. The maximum Gasteiger partial charge on any atom is 0.410 e. The van der Waals surface area contributed by atoms with Gasteiger partial charge in [0.05, 0.1) is 6.10 Å². The van der Waals surface area contributed by atoms with Crippen molar-refractivity contribution < 1.29 is 13.9 Å². The van der Waals surface area contributed by atoms with E-state index in [4.69, 9.17) is 4.74 Å². The summed E-state index contributed by atoms with van der Waals surface area (Å²) in [5.41, 5.74) is 0.739. The summed E-state index contributed by atoms with van der Waals surface area (Å²) in [6.07, 6.45) is -0.554. The van der Waals surface area contributed by atoms with Crippen molar-refractivity contribution in [3.63, 3.8) is 0 Å². The highest BCUT2D eigenvalue weighted by Gasteiger charge is 2.12. The number of amides is 1. The molecule has 88 valence electrons. The normalized spacial score (nSPS) is 10.3. The first-order valence-corrected chi connectivity index (χ1v) is 5.15. The number of nitrogens with zero attached hydrogens (tertiary/aromatic N) is 1. The third-order valence-corrected chi connectivity index (χ3v) is 1.96. The van der Waals surface area contributed by atoms with Gasteiger partial charge in [-0.3, -0.25) is 0 Å². The Balaban J connectivity index is 2.57. The Bertz CT molecular complexity index is 366. The maximum absolute atomic E-state index is 12.9. The van der Waals surface area contributed by atoms with Gasteiger partial charge in [0.25, 0.3) is 0 Å². The van der Waals surface area contributed by atoms with E-state index in [0.29, 0.717) is 6.54 Å². The highest BCUT2D eigenvalue weighted by atomic mass is 19.1. The Kier molecular flexibility index (Phi) is 4.28. The molecular formula is C12H16FNO2. The standard InChI is InChI=1S/C12H16FNO2/c1-9(2)16-12(15)14(3)8-10-5-4-6-11(13)7-10/h4-7,9H,8H2,1-3H3. The van der Waals surface area contributed by atoms with Gasteiger partial charge in [-0.25, -0.2) is 9.18 Å². The topological polar surface area (TPSA) is 29.5 Å². The largest absolute Gasteiger partial charge is 0.447 e. The lowest BCUT2D eigenvalue weighted by Crippen LogP contribution is -2.29. The predicted molar refractivity (Wildman–Crippen MR) is 59.5 cm³/mol. The molecule has 0 N–H and O–H groups in total. The summed E-state index contributed by atoms with van der Waals surface area (Å²) in [6, 6.07) is 6.16. The first-order valence-electron chi connectivity index (χ1n) is 5.15. The molecule has 4 heteroatoms. The Morgan fingerprint density at radius 3 is 2.75 bits per heavy atom. The summed E-state index contributed by atoms with van der Waals surface area (Å²) in [4.78, 5) is 12.9. The molecule has 0 bridgehead atoms. The molecule has 0 saturated carbocycles. The zero-order valence-electron chi connectivity index (χ0n) is 9.74. The van der Waals surface area contributed by atoms with Crippen LogP contribution in [0.3, 0.4) is 0 Å². The van der Waals surface area contributed by atoms with Gasteiger partial charge in [-0.2, -0.15) is 0 Å². The summed E-state index contributed by atoms with van der Waals surface area (Å²) in [5, 5.41) is 0. The van der Waals surface area contributed by atoms with Crippen molar-refractivity contribution in [3.05, 3.63) is 35.6 Å². The number of carbonyl (C=O) groups excluding carboxylic acids is 1. The van der Waals surface area contributed by atoms with E-state index in [-0.39, 0.29) is 11.9 Å². The van der Waals surface area contributed by atoms with Crippen molar-refractivity contribution in [3.8, 4) is 0 Å². The third kappa shape index (κ3) is 3.88. The fraction of sp³-hybridized carbons (Fsp3) is 0.417. The minimum Gasteiger partial charge on any atom is -0.447 e. The van der Waals surface area contributed by atoms with Crippen LogP contribution in [0.4, 0.5) is 9.18 Å². The predicted octanol–water partition coefficient (Wildman–Crippen LogP) is 2.80. The van der Waals surface area contributed by atoms with Gasteiger partial charge in [-0.05, 0) is 31.5 Å². The minimum absolute atomic E-state index is 0.151. The molecular weight excluding hydrogens is 209 g/mol. The van der Waals surface area contributed by atoms with Crippen LogP contribution in [0.2, 0.25) is 0 Å². The van der Waals surface area contributed by atoms with Gasteiger partial charge >= 0.3 is 6.09 Å². The third-order valence-electron chi connectivity index (χ3n) is 1.96. The number of ether oxygens (including phenoxy) is 1. The average Bonchev–Trinajstić information content (AvgIpc) is 2.16. The van der Waals surface area contributed by atoms with Crippen LogP contribution in [0.25, 0.3) is 0 Å². The smallest absolute Gasteiger partial charge is 0.410 e. The fourth-order valence-corrected chi connectivity index (χ4v) is 1.27. The Hall–Kier alpha value is -1.58. The maximum atomic E-state index is 12.9. The van der Waals surface area contributed by atoms with Crippen LogP contribution < -0.4 is 0 Å². The van der Waals surface area contributed by atoms with Crippen LogP contribution in [0, 0.1) is 5.82 Å².